The molecule has 0 aromatic carbocycles. The number of hydrogen-bond donors (Lipinski definition) is 1. The van der Waals surface area contributed by atoms with Crippen molar-refractivity contribution in [3.05, 3.63) is 24.4 Å². The molecule has 1 aromatic heterocycles. The van der Waals surface area contributed by atoms with Crippen molar-refractivity contribution in [2.45, 2.75) is 26.9 Å². The summed E-state index contributed by atoms with van der Waals surface area (Å²) >= 11 is 0. The van der Waals surface area contributed by atoms with Crippen LogP contribution < -0.4 is 4.90 Å². The van der Waals surface area contributed by atoms with E-state index in [0.29, 0.717) is 0 Å². The quantitative estimate of drug-likeness (QED) is 0.899. The number of aromatic nitrogens is 1. The minimum Gasteiger partial charge on any atom is -0.391 e. The Balaban J connectivity index is 1.83. The second-order valence-electron chi connectivity index (χ2n) is 6.36. The summed E-state index contributed by atoms with van der Waals surface area (Å²) in [5, 5.41) is 10.2. The second-order valence-corrected chi connectivity index (χ2v) is 6.36. The lowest BCUT2D eigenvalue weighted by Gasteiger charge is -2.38. The molecule has 0 saturated carbocycles. The van der Waals surface area contributed by atoms with Crippen molar-refractivity contribution in [2.24, 2.45) is 5.41 Å². The van der Waals surface area contributed by atoms with Crippen molar-refractivity contribution in [1.29, 1.82) is 0 Å². The van der Waals surface area contributed by atoms with Crippen molar-refractivity contribution < 1.29 is 5.11 Å². The third-order valence-electron chi connectivity index (χ3n) is 3.78. The Morgan fingerprint density at radius 2 is 1.89 bits per heavy atom. The van der Waals surface area contributed by atoms with Gasteiger partial charge in [0.25, 0.3) is 0 Å². The number of rotatable bonds is 3. The third-order valence-corrected chi connectivity index (χ3v) is 3.78. The van der Waals surface area contributed by atoms with E-state index in [4.69, 9.17) is 0 Å². The predicted octanol–water partition coefficient (Wildman–Crippen LogP) is 1.61. The maximum Gasteiger partial charge on any atom is 0.128 e. The standard InChI is InChI=1S/C15H25N3O/c1-15(2,3)13(19)12-17-8-10-18(11-9-17)14-6-4-5-7-16-14/h4-7,13,19H,8-12H2,1-3H3. The SMILES string of the molecule is CC(C)(C)C(O)CN1CCN(c2ccccn2)CC1. The van der Waals surface area contributed by atoms with Gasteiger partial charge in [-0.25, -0.2) is 4.98 Å². The van der Waals surface area contributed by atoms with Crippen LogP contribution in [-0.2, 0) is 0 Å². The Morgan fingerprint density at radius 3 is 2.42 bits per heavy atom. The summed E-state index contributed by atoms with van der Waals surface area (Å²) in [6.07, 6.45) is 1.57. The van der Waals surface area contributed by atoms with Gasteiger partial charge in [-0.05, 0) is 17.5 Å². The Hall–Kier alpha value is -1.13. The molecule has 4 heteroatoms. The minimum atomic E-state index is -0.270. The summed E-state index contributed by atoms with van der Waals surface area (Å²) in [5.74, 6) is 1.05. The van der Waals surface area contributed by atoms with Crippen molar-refractivity contribution in [3.63, 3.8) is 0 Å². The molecule has 2 rings (SSSR count). The maximum absolute atomic E-state index is 10.2. The molecule has 1 saturated heterocycles. The molecule has 0 radical (unpaired) electrons. The number of β-amino-alcohol motifs (C(OH)–C–C–N with tert-alkyl or cyclic N) is 1. The Morgan fingerprint density at radius 1 is 1.21 bits per heavy atom. The molecule has 1 aromatic rings. The molecule has 19 heavy (non-hydrogen) atoms. The Labute approximate surface area is 116 Å². The first kappa shape index (κ1) is 14.3. The minimum absolute atomic E-state index is 0.0435. The summed E-state index contributed by atoms with van der Waals surface area (Å²) in [7, 11) is 0. The molecule has 1 N–H and O–H groups in total. The average Bonchev–Trinajstić information content (AvgIpc) is 2.39. The molecule has 0 aliphatic carbocycles. The van der Waals surface area contributed by atoms with Crippen LogP contribution in [0, 0.1) is 5.41 Å². The summed E-state index contributed by atoms with van der Waals surface area (Å²) < 4.78 is 0. The van der Waals surface area contributed by atoms with Crippen molar-refractivity contribution >= 4 is 5.82 Å². The van der Waals surface area contributed by atoms with E-state index in [-0.39, 0.29) is 11.5 Å². The summed E-state index contributed by atoms with van der Waals surface area (Å²) in [4.78, 5) is 9.03. The van der Waals surface area contributed by atoms with Gasteiger partial charge in [-0.1, -0.05) is 26.8 Å². The summed E-state index contributed by atoms with van der Waals surface area (Å²) in [6.45, 7) is 11.0. The number of nitrogens with zero attached hydrogens (tertiary/aromatic N) is 3. The van der Waals surface area contributed by atoms with Crippen molar-refractivity contribution in [1.82, 2.24) is 9.88 Å². The van der Waals surface area contributed by atoms with Gasteiger partial charge in [-0.3, -0.25) is 4.90 Å². The molecule has 2 heterocycles. The Kier molecular flexibility index (Phi) is 4.42. The molecule has 0 bridgehead atoms. The fourth-order valence-corrected chi connectivity index (χ4v) is 2.22. The van der Waals surface area contributed by atoms with Crippen LogP contribution in [0.15, 0.2) is 24.4 Å². The highest BCUT2D eigenvalue weighted by atomic mass is 16.3. The number of aliphatic hydroxyl groups is 1. The van der Waals surface area contributed by atoms with Gasteiger partial charge in [0.15, 0.2) is 0 Å². The summed E-state index contributed by atoms with van der Waals surface area (Å²) in [6, 6.07) is 6.02. The van der Waals surface area contributed by atoms with E-state index < -0.39 is 0 Å². The molecule has 1 aliphatic rings. The number of aliphatic hydroxyl groups excluding tert-OH is 1. The highest BCUT2D eigenvalue weighted by Crippen LogP contribution is 2.21. The largest absolute Gasteiger partial charge is 0.391 e. The van der Waals surface area contributed by atoms with Gasteiger partial charge in [0.1, 0.15) is 5.82 Å². The maximum atomic E-state index is 10.2. The third kappa shape index (κ3) is 3.91. The highest BCUT2D eigenvalue weighted by Gasteiger charge is 2.26. The number of piperazine rings is 1. The Bertz CT molecular complexity index is 380. The second kappa shape index (κ2) is 5.88. The van der Waals surface area contributed by atoms with E-state index >= 15 is 0 Å². The van der Waals surface area contributed by atoms with E-state index in [9.17, 15) is 5.11 Å². The lowest BCUT2D eigenvalue weighted by Crippen LogP contribution is -2.50. The van der Waals surface area contributed by atoms with Crippen molar-refractivity contribution in [2.75, 3.05) is 37.6 Å². The van der Waals surface area contributed by atoms with Gasteiger partial charge < -0.3 is 10.0 Å². The van der Waals surface area contributed by atoms with Crippen LogP contribution in [0.3, 0.4) is 0 Å². The topological polar surface area (TPSA) is 39.6 Å². The molecule has 1 atom stereocenters. The fraction of sp³-hybridized carbons (Fsp3) is 0.667. The zero-order valence-electron chi connectivity index (χ0n) is 12.2. The first-order valence-electron chi connectivity index (χ1n) is 7.03. The normalized spacial score (nSPS) is 19.5. The van der Waals surface area contributed by atoms with Gasteiger partial charge >= 0.3 is 0 Å². The lowest BCUT2D eigenvalue weighted by molar-refractivity contribution is 0.0269. The van der Waals surface area contributed by atoms with Crippen LogP contribution >= 0.6 is 0 Å². The molecule has 1 unspecified atom stereocenters. The number of anilines is 1. The van der Waals surface area contributed by atoms with Gasteiger partial charge in [0.05, 0.1) is 6.10 Å². The van der Waals surface area contributed by atoms with Gasteiger partial charge in [0, 0.05) is 38.9 Å². The number of hydrogen-bond acceptors (Lipinski definition) is 4. The van der Waals surface area contributed by atoms with Gasteiger partial charge in [-0.2, -0.15) is 0 Å². The van der Waals surface area contributed by atoms with Gasteiger partial charge in [0.2, 0.25) is 0 Å². The molecule has 106 valence electrons. The smallest absolute Gasteiger partial charge is 0.128 e. The van der Waals surface area contributed by atoms with Crippen LogP contribution in [0.2, 0.25) is 0 Å². The number of pyridine rings is 1. The van der Waals surface area contributed by atoms with Crippen molar-refractivity contribution in [3.8, 4) is 0 Å². The van der Waals surface area contributed by atoms with E-state index in [1.165, 1.54) is 0 Å². The first-order chi connectivity index (χ1) is 8.97. The zero-order chi connectivity index (χ0) is 13.9. The average molecular weight is 263 g/mol. The lowest BCUT2D eigenvalue weighted by atomic mass is 9.89. The van der Waals surface area contributed by atoms with Crippen LogP contribution in [0.25, 0.3) is 0 Å². The molecular weight excluding hydrogens is 238 g/mol. The van der Waals surface area contributed by atoms with Crippen LogP contribution in [0.5, 0.6) is 0 Å². The fourth-order valence-electron chi connectivity index (χ4n) is 2.22. The van der Waals surface area contributed by atoms with Gasteiger partial charge in [-0.15, -0.1) is 0 Å². The highest BCUT2D eigenvalue weighted by molar-refractivity contribution is 5.38. The van der Waals surface area contributed by atoms with Crippen LogP contribution in [-0.4, -0.2) is 53.8 Å². The molecule has 1 fully saturated rings. The predicted molar refractivity (Wildman–Crippen MR) is 78.4 cm³/mol. The van der Waals surface area contributed by atoms with E-state index in [1.807, 2.05) is 18.3 Å². The molecule has 0 spiro atoms. The first-order valence-corrected chi connectivity index (χ1v) is 7.03. The monoisotopic (exact) mass is 263 g/mol. The van der Waals surface area contributed by atoms with E-state index in [0.717, 1.165) is 38.5 Å². The van der Waals surface area contributed by atoms with Crippen LogP contribution in [0.1, 0.15) is 20.8 Å². The molecule has 1 aliphatic heterocycles. The van der Waals surface area contributed by atoms with E-state index in [1.54, 1.807) is 0 Å². The zero-order valence-corrected chi connectivity index (χ0v) is 12.2. The molecular formula is C15H25N3O. The van der Waals surface area contributed by atoms with E-state index in [2.05, 4.69) is 41.6 Å². The molecule has 4 nitrogen and oxygen atoms in total. The van der Waals surface area contributed by atoms with Crippen LogP contribution in [0.4, 0.5) is 5.82 Å². The molecule has 0 amide bonds. The summed E-state index contributed by atoms with van der Waals surface area (Å²) in [5.41, 5.74) is -0.0435.